The molecule has 33 heavy (non-hydrogen) atoms. The monoisotopic (exact) mass is 468 g/mol. The van der Waals surface area contributed by atoms with Gasteiger partial charge in [0.05, 0.1) is 24.0 Å². The number of hydrogen-bond acceptors (Lipinski definition) is 6. The molecular weight excluding hydrogens is 447 g/mol. The van der Waals surface area contributed by atoms with E-state index in [0.717, 1.165) is 18.2 Å². The summed E-state index contributed by atoms with van der Waals surface area (Å²) in [6.07, 6.45) is -4.87. The van der Waals surface area contributed by atoms with Crippen LogP contribution >= 0.6 is 0 Å². The molecule has 0 saturated heterocycles. The predicted molar refractivity (Wildman–Crippen MR) is 113 cm³/mol. The van der Waals surface area contributed by atoms with Crippen molar-refractivity contribution in [3.8, 4) is 17.0 Å². The molecule has 3 rings (SSSR count). The number of alkyl halides is 3. The minimum atomic E-state index is -4.87. The molecule has 3 aromatic rings. The Morgan fingerprint density at radius 2 is 1.79 bits per heavy atom. The molecule has 11 heteroatoms. The maximum absolute atomic E-state index is 14.1. The molecule has 0 unspecified atom stereocenters. The fourth-order valence-corrected chi connectivity index (χ4v) is 2.89. The van der Waals surface area contributed by atoms with Gasteiger partial charge in [-0.1, -0.05) is 26.0 Å². The van der Waals surface area contributed by atoms with E-state index in [1.807, 2.05) is 13.8 Å². The molecule has 0 aliphatic heterocycles. The van der Waals surface area contributed by atoms with E-state index in [1.165, 1.54) is 24.3 Å². The molecule has 1 heterocycles. The van der Waals surface area contributed by atoms with Crippen molar-refractivity contribution in [3.05, 3.63) is 60.2 Å². The van der Waals surface area contributed by atoms with Crippen LogP contribution in [0.1, 0.15) is 13.8 Å². The Kier molecular flexibility index (Phi) is 7.32. The summed E-state index contributed by atoms with van der Waals surface area (Å²) in [5, 5.41) is 15.3. The lowest BCUT2D eigenvalue weighted by molar-refractivity contribution is -0.274. The molecule has 0 aliphatic rings. The zero-order chi connectivity index (χ0) is 24.2. The van der Waals surface area contributed by atoms with Crippen LogP contribution in [0.25, 0.3) is 11.3 Å². The first kappa shape index (κ1) is 24.2. The number of aliphatic hydroxyl groups is 1. The normalized spacial score (nSPS) is 12.5. The number of ether oxygens (including phenoxy) is 1. The summed E-state index contributed by atoms with van der Waals surface area (Å²) in [7, 11) is 0. The topological polar surface area (TPSA) is 79.3 Å². The van der Waals surface area contributed by atoms with Crippen molar-refractivity contribution in [2.45, 2.75) is 26.3 Å². The van der Waals surface area contributed by atoms with Crippen LogP contribution in [0.5, 0.6) is 5.75 Å². The Morgan fingerprint density at radius 3 is 2.42 bits per heavy atom. The van der Waals surface area contributed by atoms with Crippen LogP contribution in [0.2, 0.25) is 0 Å². The van der Waals surface area contributed by atoms with E-state index in [9.17, 15) is 27.1 Å². The van der Waals surface area contributed by atoms with Crippen molar-refractivity contribution in [1.82, 2.24) is 9.97 Å². The van der Waals surface area contributed by atoms with Gasteiger partial charge in [0, 0.05) is 17.7 Å². The third-order valence-electron chi connectivity index (χ3n) is 4.60. The molecule has 0 amide bonds. The van der Waals surface area contributed by atoms with E-state index in [1.54, 1.807) is 0 Å². The number of anilines is 3. The Balaban J connectivity index is 2.02. The second kappa shape index (κ2) is 9.99. The van der Waals surface area contributed by atoms with Crippen LogP contribution in [0.3, 0.4) is 0 Å². The van der Waals surface area contributed by atoms with Gasteiger partial charge in [0.2, 0.25) is 5.95 Å². The Hall–Kier alpha value is -3.47. The predicted octanol–water partition coefficient (Wildman–Crippen LogP) is 5.49. The van der Waals surface area contributed by atoms with E-state index in [2.05, 4.69) is 25.3 Å². The van der Waals surface area contributed by atoms with Gasteiger partial charge < -0.3 is 20.5 Å². The number of aliphatic hydroxyl groups excluding tert-OH is 1. The third-order valence-corrected chi connectivity index (χ3v) is 4.60. The average Bonchev–Trinajstić information content (AvgIpc) is 2.72. The Morgan fingerprint density at radius 1 is 1.03 bits per heavy atom. The molecule has 6 nitrogen and oxygen atoms in total. The largest absolute Gasteiger partial charge is 0.573 e. The highest BCUT2D eigenvalue weighted by Crippen LogP contribution is 2.30. The zero-order valence-electron chi connectivity index (χ0n) is 17.6. The van der Waals surface area contributed by atoms with Crippen LogP contribution in [-0.4, -0.2) is 34.1 Å². The molecule has 1 atom stereocenters. The molecule has 1 aromatic heterocycles. The van der Waals surface area contributed by atoms with Gasteiger partial charge in [-0.15, -0.1) is 13.2 Å². The quantitative estimate of drug-likeness (QED) is 0.380. The smallest absolute Gasteiger partial charge is 0.406 e. The highest BCUT2D eigenvalue weighted by Gasteiger charge is 2.31. The summed E-state index contributed by atoms with van der Waals surface area (Å²) in [6, 6.07) is 9.08. The molecule has 0 radical (unpaired) electrons. The molecule has 0 spiro atoms. The second-order valence-electron chi connectivity index (χ2n) is 7.46. The van der Waals surface area contributed by atoms with Crippen LogP contribution in [0.4, 0.5) is 39.4 Å². The number of hydrogen-bond donors (Lipinski definition) is 3. The third kappa shape index (κ3) is 6.75. The molecule has 0 saturated carbocycles. The van der Waals surface area contributed by atoms with Crippen LogP contribution in [-0.2, 0) is 0 Å². The van der Waals surface area contributed by atoms with E-state index >= 15 is 0 Å². The first-order chi connectivity index (χ1) is 15.5. The molecule has 2 aromatic carbocycles. The highest BCUT2D eigenvalue weighted by molar-refractivity contribution is 5.68. The van der Waals surface area contributed by atoms with Crippen LogP contribution in [0, 0.1) is 17.6 Å². The molecule has 3 N–H and O–H groups in total. The van der Waals surface area contributed by atoms with Gasteiger partial charge in [-0.25, -0.2) is 13.8 Å². The second-order valence-corrected chi connectivity index (χ2v) is 7.46. The number of nitrogens with one attached hydrogen (secondary N) is 2. The summed E-state index contributed by atoms with van der Waals surface area (Å²) in [4.78, 5) is 8.58. The summed E-state index contributed by atoms with van der Waals surface area (Å²) in [5.41, 5.74) is 0.407. The minimum Gasteiger partial charge on any atom is -0.406 e. The average molecular weight is 468 g/mol. The Labute approximate surface area is 186 Å². The van der Waals surface area contributed by atoms with Crippen molar-refractivity contribution in [2.24, 2.45) is 5.92 Å². The Bertz CT molecular complexity index is 1110. The van der Waals surface area contributed by atoms with E-state index in [0.29, 0.717) is 6.07 Å². The standard InChI is InChI=1S/C22H21F5N4O2/c1-12(2)19(11-32)30-21-29-18(13-4-3-5-15(8-13)33-22(25,26)27)10-20(31-21)28-17-7-6-14(23)9-16(17)24/h3-10,12,19,32H,11H2,1-2H3,(H2,28,29,30,31)/t19-/m1/s1. The van der Waals surface area contributed by atoms with Gasteiger partial charge in [0.25, 0.3) is 0 Å². The maximum Gasteiger partial charge on any atom is 0.573 e. The van der Waals surface area contributed by atoms with Gasteiger partial charge in [0.15, 0.2) is 0 Å². The van der Waals surface area contributed by atoms with Gasteiger partial charge in [-0.2, -0.15) is 4.98 Å². The molecular formula is C22H21F5N4O2. The van der Waals surface area contributed by atoms with E-state index in [4.69, 9.17) is 0 Å². The summed E-state index contributed by atoms with van der Waals surface area (Å²) in [6.45, 7) is 3.50. The van der Waals surface area contributed by atoms with Gasteiger partial charge in [0.1, 0.15) is 23.2 Å². The number of benzene rings is 2. The number of nitrogens with zero attached hydrogens (tertiary/aromatic N) is 2. The fraction of sp³-hybridized carbons (Fsp3) is 0.273. The molecule has 176 valence electrons. The van der Waals surface area contributed by atoms with Crippen molar-refractivity contribution in [3.63, 3.8) is 0 Å². The summed E-state index contributed by atoms with van der Waals surface area (Å²) in [5.74, 6) is -1.92. The molecule has 0 aliphatic carbocycles. The number of rotatable bonds is 8. The number of halogens is 5. The SMILES string of the molecule is CC(C)[C@@H](CO)Nc1nc(Nc2ccc(F)cc2F)cc(-c2cccc(OC(F)(F)F)c2)n1. The van der Waals surface area contributed by atoms with E-state index in [-0.39, 0.29) is 41.2 Å². The molecule has 0 bridgehead atoms. The van der Waals surface area contributed by atoms with Crippen molar-refractivity contribution < 1.29 is 31.8 Å². The molecule has 0 fully saturated rings. The van der Waals surface area contributed by atoms with Crippen molar-refractivity contribution in [2.75, 3.05) is 17.2 Å². The van der Waals surface area contributed by atoms with Crippen molar-refractivity contribution in [1.29, 1.82) is 0 Å². The first-order valence-electron chi connectivity index (χ1n) is 9.89. The zero-order valence-corrected chi connectivity index (χ0v) is 17.6. The summed E-state index contributed by atoms with van der Waals surface area (Å²) < 4.78 is 69.2. The first-order valence-corrected chi connectivity index (χ1v) is 9.89. The minimum absolute atomic E-state index is 0.00304. The maximum atomic E-state index is 14.1. The summed E-state index contributed by atoms with van der Waals surface area (Å²) >= 11 is 0. The van der Waals surface area contributed by atoms with Crippen LogP contribution < -0.4 is 15.4 Å². The van der Waals surface area contributed by atoms with Crippen molar-refractivity contribution >= 4 is 17.5 Å². The lowest BCUT2D eigenvalue weighted by Crippen LogP contribution is -2.30. The van der Waals surface area contributed by atoms with Gasteiger partial charge in [-0.3, -0.25) is 0 Å². The van der Waals surface area contributed by atoms with Gasteiger partial charge >= 0.3 is 6.36 Å². The lowest BCUT2D eigenvalue weighted by Gasteiger charge is -2.21. The van der Waals surface area contributed by atoms with Gasteiger partial charge in [-0.05, 0) is 30.2 Å². The number of aromatic nitrogens is 2. The fourth-order valence-electron chi connectivity index (χ4n) is 2.89. The lowest BCUT2D eigenvalue weighted by atomic mass is 10.1. The highest BCUT2D eigenvalue weighted by atomic mass is 19.4. The van der Waals surface area contributed by atoms with Crippen LogP contribution in [0.15, 0.2) is 48.5 Å². The van der Waals surface area contributed by atoms with E-state index < -0.39 is 29.8 Å².